The first kappa shape index (κ1) is 12.0. The van der Waals surface area contributed by atoms with E-state index in [-0.39, 0.29) is 12.4 Å². The number of unbranched alkanes of at least 4 members (excludes halogenated alkanes) is 2. The van der Waals surface area contributed by atoms with E-state index < -0.39 is 0 Å². The Hall–Kier alpha value is -1.42. The van der Waals surface area contributed by atoms with Crippen molar-refractivity contribution in [2.45, 2.75) is 39.3 Å². The molecule has 0 saturated heterocycles. The summed E-state index contributed by atoms with van der Waals surface area (Å²) in [6.07, 6.45) is 3.34. The van der Waals surface area contributed by atoms with Crippen molar-refractivity contribution in [3.8, 4) is 0 Å². The molecule has 1 N–H and O–H groups in total. The summed E-state index contributed by atoms with van der Waals surface area (Å²) < 4.78 is 15.1. The van der Waals surface area contributed by atoms with Crippen LogP contribution in [0.5, 0.6) is 0 Å². The number of aliphatic hydroxyl groups excluding tert-OH is 1. The summed E-state index contributed by atoms with van der Waals surface area (Å²) in [5.74, 6) is 0.321. The lowest BCUT2D eigenvalue weighted by Gasteiger charge is -2.06. The van der Waals surface area contributed by atoms with E-state index in [0.717, 1.165) is 31.3 Å². The molecule has 1 heterocycles. The first-order valence-corrected chi connectivity index (χ1v) is 6.01. The van der Waals surface area contributed by atoms with Crippen LogP contribution in [0.25, 0.3) is 11.0 Å². The van der Waals surface area contributed by atoms with Gasteiger partial charge in [0.1, 0.15) is 18.2 Å². The van der Waals surface area contributed by atoms with E-state index in [1.807, 2.05) is 4.57 Å². The van der Waals surface area contributed by atoms with Crippen LogP contribution in [-0.4, -0.2) is 14.7 Å². The molecule has 1 aromatic heterocycles. The standard InChI is InChI=1S/C13H17FN2O/c1-2-3-4-7-16-12-6-5-10(14)8-11(12)15-13(16)9-17/h5-6,8,17H,2-4,7,9H2,1H3. The summed E-state index contributed by atoms with van der Waals surface area (Å²) in [4.78, 5) is 4.24. The fraction of sp³-hybridized carbons (Fsp3) is 0.462. The minimum atomic E-state index is -0.291. The average molecular weight is 236 g/mol. The fourth-order valence-corrected chi connectivity index (χ4v) is 2.04. The molecule has 2 aromatic rings. The van der Waals surface area contributed by atoms with E-state index in [0.29, 0.717) is 11.3 Å². The molecular formula is C13H17FN2O. The summed E-state index contributed by atoms with van der Waals surface area (Å²) in [7, 11) is 0. The lowest BCUT2D eigenvalue weighted by Crippen LogP contribution is -2.03. The number of halogens is 1. The summed E-state index contributed by atoms with van der Waals surface area (Å²) in [5.41, 5.74) is 1.51. The SMILES string of the molecule is CCCCCn1c(CO)nc2cc(F)ccc21. The highest BCUT2D eigenvalue weighted by atomic mass is 19.1. The van der Waals surface area contributed by atoms with Crippen LogP contribution < -0.4 is 0 Å². The zero-order chi connectivity index (χ0) is 12.3. The molecule has 2 rings (SSSR count). The molecule has 1 aromatic carbocycles. The van der Waals surface area contributed by atoms with Crippen LogP contribution in [0.1, 0.15) is 32.0 Å². The third kappa shape index (κ3) is 2.47. The minimum Gasteiger partial charge on any atom is -0.388 e. The van der Waals surface area contributed by atoms with Crippen molar-refractivity contribution < 1.29 is 9.50 Å². The second-order valence-electron chi connectivity index (χ2n) is 4.18. The van der Waals surface area contributed by atoms with Gasteiger partial charge < -0.3 is 9.67 Å². The molecule has 4 heteroatoms. The number of aliphatic hydroxyl groups is 1. The molecule has 0 amide bonds. The predicted octanol–water partition coefficient (Wildman–Crippen LogP) is 2.86. The van der Waals surface area contributed by atoms with Crippen LogP contribution in [0.4, 0.5) is 4.39 Å². The van der Waals surface area contributed by atoms with E-state index >= 15 is 0 Å². The highest BCUT2D eigenvalue weighted by Gasteiger charge is 2.09. The molecule has 0 unspecified atom stereocenters. The van der Waals surface area contributed by atoms with Gasteiger partial charge in [-0.3, -0.25) is 0 Å². The lowest BCUT2D eigenvalue weighted by atomic mass is 10.2. The first-order valence-electron chi connectivity index (χ1n) is 6.01. The van der Waals surface area contributed by atoms with Gasteiger partial charge in [-0.1, -0.05) is 19.8 Å². The van der Waals surface area contributed by atoms with Crippen molar-refractivity contribution >= 4 is 11.0 Å². The van der Waals surface area contributed by atoms with E-state index in [9.17, 15) is 9.50 Å². The predicted molar refractivity (Wildman–Crippen MR) is 65.1 cm³/mol. The van der Waals surface area contributed by atoms with Crippen molar-refractivity contribution in [3.63, 3.8) is 0 Å². The molecule has 0 aliphatic rings. The Labute approximate surface area is 99.9 Å². The number of rotatable bonds is 5. The quantitative estimate of drug-likeness (QED) is 0.811. The number of aryl methyl sites for hydroxylation is 1. The number of hydrogen-bond donors (Lipinski definition) is 1. The van der Waals surface area contributed by atoms with Crippen molar-refractivity contribution in [1.82, 2.24) is 9.55 Å². The topological polar surface area (TPSA) is 38.0 Å². The molecular weight excluding hydrogens is 219 g/mol. The van der Waals surface area contributed by atoms with Gasteiger partial charge in [-0.05, 0) is 18.6 Å². The number of benzene rings is 1. The lowest BCUT2D eigenvalue weighted by molar-refractivity contribution is 0.265. The van der Waals surface area contributed by atoms with Gasteiger partial charge in [0, 0.05) is 12.6 Å². The van der Waals surface area contributed by atoms with E-state index in [2.05, 4.69) is 11.9 Å². The van der Waals surface area contributed by atoms with Crippen LogP contribution in [0, 0.1) is 5.82 Å². The third-order valence-electron chi connectivity index (χ3n) is 2.92. The summed E-state index contributed by atoms with van der Waals surface area (Å²) >= 11 is 0. The molecule has 0 aliphatic heterocycles. The zero-order valence-corrected chi connectivity index (χ0v) is 9.99. The maximum Gasteiger partial charge on any atom is 0.135 e. The van der Waals surface area contributed by atoms with Crippen LogP contribution in [-0.2, 0) is 13.2 Å². The number of nitrogens with zero attached hydrogens (tertiary/aromatic N) is 2. The molecule has 17 heavy (non-hydrogen) atoms. The van der Waals surface area contributed by atoms with Crippen molar-refractivity contribution in [2.24, 2.45) is 0 Å². The minimum absolute atomic E-state index is 0.109. The average Bonchev–Trinajstić information content (AvgIpc) is 2.67. The molecule has 0 radical (unpaired) electrons. The highest BCUT2D eigenvalue weighted by Crippen LogP contribution is 2.18. The molecule has 0 saturated carbocycles. The molecule has 0 fully saturated rings. The van der Waals surface area contributed by atoms with Crippen molar-refractivity contribution in [3.05, 3.63) is 29.8 Å². The van der Waals surface area contributed by atoms with Gasteiger partial charge in [0.05, 0.1) is 11.0 Å². The fourth-order valence-electron chi connectivity index (χ4n) is 2.04. The maximum absolute atomic E-state index is 13.1. The van der Waals surface area contributed by atoms with E-state index in [4.69, 9.17) is 0 Å². The second-order valence-corrected chi connectivity index (χ2v) is 4.18. The van der Waals surface area contributed by atoms with Gasteiger partial charge >= 0.3 is 0 Å². The Morgan fingerprint density at radius 2 is 2.18 bits per heavy atom. The summed E-state index contributed by atoms with van der Waals surface area (Å²) in [5, 5.41) is 9.27. The van der Waals surface area contributed by atoms with Gasteiger partial charge in [0.15, 0.2) is 0 Å². The Bertz CT molecular complexity index is 507. The van der Waals surface area contributed by atoms with Crippen LogP contribution >= 0.6 is 0 Å². The van der Waals surface area contributed by atoms with Gasteiger partial charge in [0.2, 0.25) is 0 Å². The third-order valence-corrected chi connectivity index (χ3v) is 2.92. The van der Waals surface area contributed by atoms with Gasteiger partial charge in [-0.2, -0.15) is 0 Å². The summed E-state index contributed by atoms with van der Waals surface area (Å²) in [6, 6.07) is 4.56. The zero-order valence-electron chi connectivity index (χ0n) is 9.99. The summed E-state index contributed by atoms with van der Waals surface area (Å²) in [6.45, 7) is 2.86. The molecule has 0 atom stereocenters. The monoisotopic (exact) mass is 236 g/mol. The Morgan fingerprint density at radius 3 is 2.88 bits per heavy atom. The molecule has 0 spiro atoms. The second kappa shape index (κ2) is 5.27. The van der Waals surface area contributed by atoms with Crippen LogP contribution in [0.3, 0.4) is 0 Å². The van der Waals surface area contributed by atoms with Crippen LogP contribution in [0.15, 0.2) is 18.2 Å². The van der Waals surface area contributed by atoms with Gasteiger partial charge in [0.25, 0.3) is 0 Å². The maximum atomic E-state index is 13.1. The molecule has 92 valence electrons. The Kier molecular flexibility index (Phi) is 3.74. The molecule has 3 nitrogen and oxygen atoms in total. The van der Waals surface area contributed by atoms with Crippen molar-refractivity contribution in [2.75, 3.05) is 0 Å². The normalized spacial score (nSPS) is 11.2. The Morgan fingerprint density at radius 1 is 1.35 bits per heavy atom. The van der Waals surface area contributed by atoms with Crippen molar-refractivity contribution in [1.29, 1.82) is 0 Å². The molecule has 0 bridgehead atoms. The largest absolute Gasteiger partial charge is 0.388 e. The number of fused-ring (bicyclic) bond motifs is 1. The first-order chi connectivity index (χ1) is 8.26. The highest BCUT2D eigenvalue weighted by molar-refractivity contribution is 5.76. The number of hydrogen-bond acceptors (Lipinski definition) is 2. The smallest absolute Gasteiger partial charge is 0.135 e. The van der Waals surface area contributed by atoms with Gasteiger partial charge in [-0.25, -0.2) is 9.37 Å². The van der Waals surface area contributed by atoms with E-state index in [1.54, 1.807) is 6.07 Å². The number of imidazole rings is 1. The molecule has 0 aliphatic carbocycles. The van der Waals surface area contributed by atoms with E-state index in [1.165, 1.54) is 12.1 Å². The van der Waals surface area contributed by atoms with Gasteiger partial charge in [-0.15, -0.1) is 0 Å². The Balaban J connectivity index is 2.36. The van der Waals surface area contributed by atoms with Crippen LogP contribution in [0.2, 0.25) is 0 Å². The number of aromatic nitrogens is 2.